The molecule has 11 heteroatoms. The number of carbonyl (C=O) groups is 1. The Hall–Kier alpha value is -3.41. The van der Waals surface area contributed by atoms with Crippen LogP contribution in [0.5, 0.6) is 11.5 Å². The molecule has 0 radical (unpaired) electrons. The molecule has 1 heterocycles. The van der Waals surface area contributed by atoms with E-state index >= 15 is 0 Å². The first-order valence-corrected chi connectivity index (χ1v) is 12.1. The zero-order valence-electron chi connectivity index (χ0n) is 19.3. The zero-order valence-corrected chi connectivity index (χ0v) is 20.1. The van der Waals surface area contributed by atoms with E-state index < -0.39 is 16.3 Å². The molecule has 3 rings (SSSR count). The largest absolute Gasteiger partial charge is 0.497 e. The molecule has 1 aromatic heterocycles. The maximum absolute atomic E-state index is 12.4. The number of benzene rings is 2. The highest BCUT2D eigenvalue weighted by atomic mass is 32.2. The van der Waals surface area contributed by atoms with E-state index in [9.17, 15) is 18.3 Å². The Kier molecular flexibility index (Phi) is 7.92. The van der Waals surface area contributed by atoms with Crippen LogP contribution < -0.4 is 14.8 Å². The van der Waals surface area contributed by atoms with Gasteiger partial charge in [0.1, 0.15) is 17.2 Å². The van der Waals surface area contributed by atoms with Gasteiger partial charge >= 0.3 is 0 Å². The van der Waals surface area contributed by atoms with Gasteiger partial charge in [-0.1, -0.05) is 0 Å². The molecule has 0 aliphatic carbocycles. The molecular weight excluding hydrogens is 462 g/mol. The summed E-state index contributed by atoms with van der Waals surface area (Å²) in [5, 5.41) is 18.6. The summed E-state index contributed by atoms with van der Waals surface area (Å²) in [5.74, 6) is 0.947. The number of aliphatic hydroxyl groups excluding tert-OH is 1. The molecule has 1 unspecified atom stereocenters. The van der Waals surface area contributed by atoms with E-state index in [1.165, 1.54) is 11.6 Å². The Morgan fingerprint density at radius 1 is 1.06 bits per heavy atom. The number of ether oxygens (including phenoxy) is 2. The maximum atomic E-state index is 12.4. The predicted molar refractivity (Wildman–Crippen MR) is 126 cm³/mol. The van der Waals surface area contributed by atoms with Gasteiger partial charge in [-0.15, -0.1) is 0 Å². The van der Waals surface area contributed by atoms with E-state index in [0.29, 0.717) is 28.4 Å². The smallest absolute Gasteiger partial charge is 0.264 e. The second-order valence-electron chi connectivity index (χ2n) is 7.43. The minimum atomic E-state index is -3.68. The molecule has 0 saturated carbocycles. The van der Waals surface area contributed by atoms with Crippen LogP contribution in [0.2, 0.25) is 0 Å². The van der Waals surface area contributed by atoms with Gasteiger partial charge in [0.05, 0.1) is 38.5 Å². The Bertz CT molecular complexity index is 1240. The molecule has 182 valence electrons. The summed E-state index contributed by atoms with van der Waals surface area (Å²) in [7, 11) is -0.584. The number of carbonyl (C=O) groups excluding carboxylic acids is 1. The maximum Gasteiger partial charge on any atom is 0.264 e. The molecule has 0 amide bonds. The van der Waals surface area contributed by atoms with E-state index in [1.54, 1.807) is 62.8 Å². The van der Waals surface area contributed by atoms with Crippen molar-refractivity contribution in [3.05, 3.63) is 65.5 Å². The van der Waals surface area contributed by atoms with E-state index in [-0.39, 0.29) is 30.2 Å². The Labute approximate surface area is 198 Å². The van der Waals surface area contributed by atoms with Crippen molar-refractivity contribution in [1.29, 1.82) is 0 Å². The minimum absolute atomic E-state index is 0.0365. The molecule has 34 heavy (non-hydrogen) atoms. The second kappa shape index (κ2) is 10.7. The number of aliphatic hydroxyl groups is 1. The van der Waals surface area contributed by atoms with Crippen LogP contribution in [0.15, 0.2) is 48.5 Å². The highest BCUT2D eigenvalue weighted by Crippen LogP contribution is 2.29. The highest BCUT2D eigenvalue weighted by Gasteiger charge is 2.27. The number of methoxy groups -OCH3 is 2. The van der Waals surface area contributed by atoms with Crippen LogP contribution >= 0.6 is 0 Å². The molecule has 0 spiro atoms. The van der Waals surface area contributed by atoms with Gasteiger partial charge in [-0.2, -0.15) is 13.5 Å². The lowest BCUT2D eigenvalue weighted by atomic mass is 10.1. The van der Waals surface area contributed by atoms with Crippen molar-refractivity contribution in [2.24, 2.45) is 0 Å². The van der Waals surface area contributed by atoms with E-state index in [2.05, 4.69) is 10.4 Å². The van der Waals surface area contributed by atoms with Gasteiger partial charge in [0.25, 0.3) is 10.1 Å². The summed E-state index contributed by atoms with van der Waals surface area (Å²) in [4.78, 5) is 12.4. The second-order valence-corrected chi connectivity index (χ2v) is 9.07. The topological polar surface area (TPSA) is 129 Å². The van der Waals surface area contributed by atoms with Crippen molar-refractivity contribution in [3.63, 3.8) is 0 Å². The van der Waals surface area contributed by atoms with Crippen molar-refractivity contribution in [3.8, 4) is 17.2 Å². The van der Waals surface area contributed by atoms with E-state index in [4.69, 9.17) is 13.7 Å². The fraction of sp³-hybridized carbons (Fsp3) is 0.304. The monoisotopic (exact) mass is 489 g/mol. The zero-order chi connectivity index (χ0) is 24.9. The Morgan fingerprint density at radius 3 is 2.12 bits per heavy atom. The summed E-state index contributed by atoms with van der Waals surface area (Å²) in [5.41, 5.74) is 1.94. The number of Topliss-reactive ketones (excluding diaryl/α,β-unsaturated/α-hetero) is 1. The minimum Gasteiger partial charge on any atom is -0.497 e. The summed E-state index contributed by atoms with van der Waals surface area (Å²) >= 11 is 0. The number of ketones is 1. The lowest BCUT2D eigenvalue weighted by molar-refractivity contribution is 0.101. The molecule has 0 aliphatic rings. The molecule has 0 aliphatic heterocycles. The molecule has 3 aromatic rings. The van der Waals surface area contributed by atoms with Gasteiger partial charge in [0.2, 0.25) is 0 Å². The Balaban J connectivity index is 2.07. The summed E-state index contributed by atoms with van der Waals surface area (Å²) in [6, 6.07) is 13.8. The van der Waals surface area contributed by atoms with Crippen molar-refractivity contribution in [2.75, 3.05) is 32.4 Å². The first kappa shape index (κ1) is 25.2. The van der Waals surface area contributed by atoms with Crippen molar-refractivity contribution in [1.82, 2.24) is 9.78 Å². The van der Waals surface area contributed by atoms with Gasteiger partial charge < -0.3 is 19.9 Å². The standard InChI is InChI=1S/C23H27N3O7S/c1-15(27)21-20(13-14-33-34(4,29)30)22(23(28)24-16-5-9-18(31-2)10-6-16)26(25-21)17-7-11-19(32-3)12-8-17/h5-12,23-24,28H,13-14H2,1-4H3. The van der Waals surface area contributed by atoms with Gasteiger partial charge in [-0.05, 0) is 48.5 Å². The SMILES string of the molecule is COc1ccc(NC(O)c2c(CCOS(C)(=O)=O)c(C(C)=O)nn2-c2ccc(OC)cc2)cc1. The average Bonchev–Trinajstić information content (AvgIpc) is 3.18. The molecule has 0 saturated heterocycles. The van der Waals surface area contributed by atoms with Crippen LogP contribution in [-0.4, -0.2) is 56.2 Å². The first-order chi connectivity index (χ1) is 16.1. The van der Waals surface area contributed by atoms with Gasteiger partial charge in [0, 0.05) is 24.6 Å². The molecular formula is C23H27N3O7S. The molecule has 0 fully saturated rings. The van der Waals surface area contributed by atoms with E-state index in [1.807, 2.05) is 0 Å². The molecule has 2 N–H and O–H groups in total. The van der Waals surface area contributed by atoms with Gasteiger partial charge in [0.15, 0.2) is 12.0 Å². The van der Waals surface area contributed by atoms with Crippen LogP contribution in [0.1, 0.15) is 34.9 Å². The number of hydrogen-bond acceptors (Lipinski definition) is 9. The molecule has 0 bridgehead atoms. The van der Waals surface area contributed by atoms with Crippen molar-refractivity contribution < 1.29 is 32.0 Å². The number of aromatic nitrogens is 2. The Morgan fingerprint density at radius 2 is 1.62 bits per heavy atom. The normalized spacial score (nSPS) is 12.3. The van der Waals surface area contributed by atoms with Crippen LogP contribution in [0, 0.1) is 0 Å². The van der Waals surface area contributed by atoms with Crippen molar-refractivity contribution in [2.45, 2.75) is 19.6 Å². The third-order valence-electron chi connectivity index (χ3n) is 4.98. The molecule has 1 atom stereocenters. The third-order valence-corrected chi connectivity index (χ3v) is 5.57. The summed E-state index contributed by atoms with van der Waals surface area (Å²) < 4.78 is 39.6. The quantitative estimate of drug-likeness (QED) is 0.237. The number of rotatable bonds is 11. The lowest BCUT2D eigenvalue weighted by Gasteiger charge is -2.18. The highest BCUT2D eigenvalue weighted by molar-refractivity contribution is 7.85. The van der Waals surface area contributed by atoms with Gasteiger partial charge in [-0.3, -0.25) is 8.98 Å². The first-order valence-electron chi connectivity index (χ1n) is 10.3. The fourth-order valence-electron chi connectivity index (χ4n) is 3.40. The number of anilines is 1. The number of hydrogen-bond donors (Lipinski definition) is 2. The molecule has 10 nitrogen and oxygen atoms in total. The lowest BCUT2D eigenvalue weighted by Crippen LogP contribution is -2.17. The number of nitrogens with zero attached hydrogens (tertiary/aromatic N) is 2. The third kappa shape index (κ3) is 6.13. The van der Waals surface area contributed by atoms with Crippen LogP contribution in [0.3, 0.4) is 0 Å². The average molecular weight is 490 g/mol. The summed E-state index contributed by atoms with van der Waals surface area (Å²) in [6.45, 7) is 1.14. The van der Waals surface area contributed by atoms with Crippen LogP contribution in [0.25, 0.3) is 5.69 Å². The van der Waals surface area contributed by atoms with Crippen LogP contribution in [-0.2, 0) is 20.7 Å². The predicted octanol–water partition coefficient (Wildman–Crippen LogP) is 2.71. The number of nitrogens with one attached hydrogen (secondary N) is 1. The molecule has 2 aromatic carbocycles. The van der Waals surface area contributed by atoms with Gasteiger partial charge in [-0.25, -0.2) is 4.68 Å². The summed E-state index contributed by atoms with van der Waals surface area (Å²) in [6.07, 6.45) is -0.306. The fourth-order valence-corrected chi connectivity index (χ4v) is 3.79. The van der Waals surface area contributed by atoms with Crippen molar-refractivity contribution >= 4 is 21.6 Å². The van der Waals surface area contributed by atoms with Crippen LogP contribution in [0.4, 0.5) is 5.69 Å². The van der Waals surface area contributed by atoms with E-state index in [0.717, 1.165) is 6.26 Å².